The number of urea groups is 1. The highest BCUT2D eigenvalue weighted by molar-refractivity contribution is 7.12. The zero-order valence-electron chi connectivity index (χ0n) is 7.11. The molecule has 72 valence electrons. The van der Waals surface area contributed by atoms with Crippen LogP contribution in [0.2, 0.25) is 0 Å². The molecular formula is C7H11N3O2S. The third kappa shape index (κ3) is 5.68. The Morgan fingerprint density at radius 2 is 2.00 bits per heavy atom. The molecule has 0 aromatic carbocycles. The number of hydrogen-bond donors (Lipinski definition) is 3. The topological polar surface area (TPSA) is 98.2 Å². The SMILES string of the molecule is CNC(N)=O.NC(=O)c1cccs1. The molecule has 0 saturated heterocycles. The molecule has 5 N–H and O–H groups in total. The number of amides is 3. The third-order valence-electron chi connectivity index (χ3n) is 1.01. The van der Waals surface area contributed by atoms with Crippen molar-refractivity contribution < 1.29 is 9.59 Å². The van der Waals surface area contributed by atoms with E-state index in [2.05, 4.69) is 11.1 Å². The maximum absolute atomic E-state index is 10.3. The van der Waals surface area contributed by atoms with Crippen LogP contribution in [0.1, 0.15) is 9.67 Å². The fraction of sp³-hybridized carbons (Fsp3) is 0.143. The number of rotatable bonds is 1. The summed E-state index contributed by atoms with van der Waals surface area (Å²) >= 11 is 1.36. The first kappa shape index (κ1) is 11.4. The molecule has 0 atom stereocenters. The Balaban J connectivity index is 0.000000252. The molecule has 0 bridgehead atoms. The first-order valence-electron chi connectivity index (χ1n) is 3.38. The van der Waals surface area contributed by atoms with Gasteiger partial charge in [-0.2, -0.15) is 0 Å². The zero-order valence-corrected chi connectivity index (χ0v) is 7.93. The van der Waals surface area contributed by atoms with Crippen LogP contribution in [0.4, 0.5) is 4.79 Å². The minimum absolute atomic E-state index is 0.347. The molecule has 1 rings (SSSR count). The summed E-state index contributed by atoms with van der Waals surface area (Å²) < 4.78 is 0. The fourth-order valence-electron chi connectivity index (χ4n) is 0.419. The molecule has 0 fully saturated rings. The van der Waals surface area contributed by atoms with Crippen LogP contribution < -0.4 is 16.8 Å². The second-order valence-corrected chi connectivity index (χ2v) is 2.90. The van der Waals surface area contributed by atoms with Gasteiger partial charge in [0.2, 0.25) is 0 Å². The first-order chi connectivity index (χ1) is 6.07. The van der Waals surface area contributed by atoms with Gasteiger partial charge >= 0.3 is 6.03 Å². The van der Waals surface area contributed by atoms with E-state index >= 15 is 0 Å². The van der Waals surface area contributed by atoms with Crippen molar-refractivity contribution in [2.24, 2.45) is 11.5 Å². The van der Waals surface area contributed by atoms with Crippen molar-refractivity contribution in [3.63, 3.8) is 0 Å². The molecule has 3 amide bonds. The summed E-state index contributed by atoms with van der Waals surface area (Å²) in [6.45, 7) is 0. The Bertz CT molecular complexity index is 271. The van der Waals surface area contributed by atoms with Gasteiger partial charge in [0.15, 0.2) is 0 Å². The van der Waals surface area contributed by atoms with Crippen molar-refractivity contribution in [2.75, 3.05) is 7.05 Å². The summed E-state index contributed by atoms with van der Waals surface area (Å²) in [4.78, 5) is 20.4. The number of carbonyl (C=O) groups excluding carboxylic acids is 2. The smallest absolute Gasteiger partial charge is 0.311 e. The van der Waals surface area contributed by atoms with E-state index in [0.29, 0.717) is 4.88 Å². The third-order valence-corrected chi connectivity index (χ3v) is 1.89. The van der Waals surface area contributed by atoms with E-state index in [1.807, 2.05) is 5.38 Å². The van der Waals surface area contributed by atoms with Crippen molar-refractivity contribution in [3.05, 3.63) is 22.4 Å². The predicted octanol–water partition coefficient (Wildman–Crippen LogP) is 0.132. The number of nitrogens with one attached hydrogen (secondary N) is 1. The van der Waals surface area contributed by atoms with Crippen molar-refractivity contribution in [3.8, 4) is 0 Å². The van der Waals surface area contributed by atoms with Gasteiger partial charge in [-0.25, -0.2) is 4.79 Å². The second kappa shape index (κ2) is 6.01. The van der Waals surface area contributed by atoms with E-state index in [9.17, 15) is 9.59 Å². The molecule has 0 saturated carbocycles. The van der Waals surface area contributed by atoms with Crippen LogP contribution in [0.5, 0.6) is 0 Å². The van der Waals surface area contributed by atoms with E-state index in [0.717, 1.165) is 0 Å². The highest BCUT2D eigenvalue weighted by Gasteiger charge is 1.96. The molecule has 0 radical (unpaired) electrons. The van der Waals surface area contributed by atoms with Crippen LogP contribution >= 0.6 is 11.3 Å². The van der Waals surface area contributed by atoms with Gasteiger partial charge in [-0.05, 0) is 11.4 Å². The number of nitrogens with two attached hydrogens (primary N) is 2. The Labute approximate surface area is 79.7 Å². The van der Waals surface area contributed by atoms with Crippen molar-refractivity contribution >= 4 is 23.3 Å². The molecular weight excluding hydrogens is 190 g/mol. The van der Waals surface area contributed by atoms with Crippen LogP contribution in [0, 0.1) is 0 Å². The minimum Gasteiger partial charge on any atom is -0.365 e. The molecule has 0 spiro atoms. The summed E-state index contributed by atoms with van der Waals surface area (Å²) in [6, 6.07) is 3.00. The molecule has 5 nitrogen and oxygen atoms in total. The fourth-order valence-corrected chi connectivity index (χ4v) is 0.996. The zero-order chi connectivity index (χ0) is 10.3. The molecule has 0 unspecified atom stereocenters. The van der Waals surface area contributed by atoms with Crippen LogP contribution in [0.25, 0.3) is 0 Å². The van der Waals surface area contributed by atoms with Gasteiger partial charge in [0.25, 0.3) is 5.91 Å². The molecule has 0 aliphatic carbocycles. The molecule has 0 aliphatic rings. The van der Waals surface area contributed by atoms with Gasteiger partial charge in [0.1, 0.15) is 0 Å². The van der Waals surface area contributed by atoms with Crippen LogP contribution in [-0.4, -0.2) is 19.0 Å². The van der Waals surface area contributed by atoms with Gasteiger partial charge in [-0.15, -0.1) is 11.3 Å². The number of thiophene rings is 1. The van der Waals surface area contributed by atoms with Crippen molar-refractivity contribution in [1.82, 2.24) is 5.32 Å². The molecule has 13 heavy (non-hydrogen) atoms. The largest absolute Gasteiger partial charge is 0.365 e. The minimum atomic E-state index is -0.495. The Kier molecular flexibility index (Phi) is 5.29. The lowest BCUT2D eigenvalue weighted by Gasteiger charge is -1.80. The monoisotopic (exact) mass is 201 g/mol. The summed E-state index contributed by atoms with van der Waals surface area (Å²) in [6.07, 6.45) is 0. The Morgan fingerprint density at radius 1 is 1.46 bits per heavy atom. The van der Waals surface area contributed by atoms with Gasteiger partial charge in [0.05, 0.1) is 4.88 Å². The lowest BCUT2D eigenvalue weighted by atomic mass is 10.5. The van der Waals surface area contributed by atoms with Crippen LogP contribution in [0.15, 0.2) is 17.5 Å². The first-order valence-corrected chi connectivity index (χ1v) is 4.26. The lowest BCUT2D eigenvalue weighted by Crippen LogP contribution is -2.24. The molecule has 1 heterocycles. The standard InChI is InChI=1S/C5H5NOS.C2H6N2O/c6-5(7)4-2-1-3-8-4;1-4-2(3)5/h1-3H,(H2,6,7);1H3,(H3,3,4,5). The summed E-state index contributed by atoms with van der Waals surface area (Å²) in [5.74, 6) is -0.347. The number of carbonyl (C=O) groups is 2. The average molecular weight is 201 g/mol. The normalized spacial score (nSPS) is 8.08. The van der Waals surface area contributed by atoms with E-state index < -0.39 is 6.03 Å². The van der Waals surface area contributed by atoms with E-state index in [4.69, 9.17) is 5.73 Å². The molecule has 1 aromatic heterocycles. The van der Waals surface area contributed by atoms with Gasteiger partial charge in [0, 0.05) is 7.05 Å². The van der Waals surface area contributed by atoms with Gasteiger partial charge in [-0.3, -0.25) is 4.79 Å². The van der Waals surface area contributed by atoms with E-state index in [-0.39, 0.29) is 5.91 Å². The molecule has 6 heteroatoms. The van der Waals surface area contributed by atoms with Gasteiger partial charge in [-0.1, -0.05) is 6.07 Å². The number of primary amides is 2. The maximum Gasteiger partial charge on any atom is 0.311 e. The highest BCUT2D eigenvalue weighted by atomic mass is 32.1. The second-order valence-electron chi connectivity index (χ2n) is 1.96. The maximum atomic E-state index is 10.3. The van der Waals surface area contributed by atoms with E-state index in [1.54, 1.807) is 12.1 Å². The van der Waals surface area contributed by atoms with Crippen molar-refractivity contribution in [2.45, 2.75) is 0 Å². The molecule has 1 aromatic rings. The lowest BCUT2D eigenvalue weighted by molar-refractivity contribution is 0.100. The highest BCUT2D eigenvalue weighted by Crippen LogP contribution is 2.05. The summed E-state index contributed by atoms with van der Waals surface area (Å²) in [5, 5.41) is 3.99. The van der Waals surface area contributed by atoms with Gasteiger partial charge < -0.3 is 16.8 Å². The summed E-state index contributed by atoms with van der Waals surface area (Å²) in [7, 11) is 1.47. The Hall–Kier alpha value is -1.56. The molecule has 0 aliphatic heterocycles. The Morgan fingerprint density at radius 3 is 2.15 bits per heavy atom. The average Bonchev–Trinajstić information content (AvgIpc) is 2.57. The van der Waals surface area contributed by atoms with E-state index in [1.165, 1.54) is 18.4 Å². The number of hydrogen-bond acceptors (Lipinski definition) is 3. The van der Waals surface area contributed by atoms with Crippen LogP contribution in [-0.2, 0) is 0 Å². The predicted molar refractivity (Wildman–Crippen MR) is 51.5 cm³/mol. The summed E-state index contributed by atoms with van der Waals surface area (Å²) in [5.41, 5.74) is 9.47. The van der Waals surface area contributed by atoms with Crippen molar-refractivity contribution in [1.29, 1.82) is 0 Å². The van der Waals surface area contributed by atoms with Crippen LogP contribution in [0.3, 0.4) is 0 Å². The quantitative estimate of drug-likeness (QED) is 0.602.